The Hall–Kier alpha value is -3.66. The average molecular weight is 473 g/mol. The minimum Gasteiger partial charge on any atom is -0.381 e. The molecule has 1 atom stereocenters. The predicted octanol–water partition coefficient (Wildman–Crippen LogP) is 3.89. The van der Waals surface area contributed by atoms with Crippen molar-refractivity contribution >= 4 is 5.82 Å². The third-order valence-corrected chi connectivity index (χ3v) is 7.23. The van der Waals surface area contributed by atoms with E-state index in [9.17, 15) is 0 Å². The molecule has 0 radical (unpaired) electrons. The van der Waals surface area contributed by atoms with Crippen LogP contribution in [0.5, 0.6) is 0 Å². The van der Waals surface area contributed by atoms with Crippen molar-refractivity contribution in [2.24, 2.45) is 5.92 Å². The molecular weight excluding hydrogens is 444 g/mol. The molecule has 0 spiro atoms. The van der Waals surface area contributed by atoms with E-state index >= 15 is 0 Å². The normalized spacial score (nSPS) is 18.3. The fraction of sp³-hybridized carbons (Fsp3) is 0.440. The highest BCUT2D eigenvalue weighted by Gasteiger charge is 2.47. The zero-order valence-electron chi connectivity index (χ0n) is 19.9. The van der Waals surface area contributed by atoms with Crippen LogP contribution in [0.3, 0.4) is 0 Å². The lowest BCUT2D eigenvalue weighted by atomic mass is 9.77. The van der Waals surface area contributed by atoms with Gasteiger partial charge in [0.1, 0.15) is 11.5 Å². The smallest absolute Gasteiger partial charge is 0.261 e. The van der Waals surface area contributed by atoms with Crippen LogP contribution < -0.4 is 5.32 Å². The topological polar surface area (TPSA) is 117 Å². The number of ether oxygens (including phenoxy) is 1. The molecule has 1 saturated carbocycles. The number of nitrogens with zero attached hydrogens (tertiary/aromatic N) is 7. The second kappa shape index (κ2) is 8.84. The Bertz CT molecular complexity index is 1290. The molecule has 4 aromatic heterocycles. The molecule has 180 valence electrons. The summed E-state index contributed by atoms with van der Waals surface area (Å²) in [6.07, 6.45) is 13.3. The van der Waals surface area contributed by atoms with Crippen LogP contribution >= 0.6 is 0 Å². The number of hydrogen-bond acceptors (Lipinski definition) is 9. The second-order valence-electron chi connectivity index (χ2n) is 9.42. The lowest BCUT2D eigenvalue weighted by Gasteiger charge is -2.26. The molecule has 0 bridgehead atoms. The first-order valence-electron chi connectivity index (χ1n) is 12.1. The summed E-state index contributed by atoms with van der Waals surface area (Å²) in [5.74, 6) is 2.34. The van der Waals surface area contributed by atoms with Crippen molar-refractivity contribution in [3.63, 3.8) is 0 Å². The lowest BCUT2D eigenvalue weighted by Crippen LogP contribution is -2.28. The maximum atomic E-state index is 5.73. The van der Waals surface area contributed by atoms with E-state index in [1.54, 1.807) is 18.6 Å². The standard InChI is InChI=1S/C25H28N8O2/c1-25(17-3-4-17,18-5-6-20(27-12-18)21-13-29-22(26-2)14-28-21)24-31-23(35-32-24)16-11-30-33(15-16)19-7-9-34-10-8-19/h5-6,11-15,17,19H,3-4,7-10H2,1-2H3,(H,26,29)/t25-/m1/s1. The van der Waals surface area contributed by atoms with Gasteiger partial charge in [-0.3, -0.25) is 9.67 Å². The van der Waals surface area contributed by atoms with Crippen molar-refractivity contribution in [1.82, 2.24) is 34.9 Å². The minimum atomic E-state index is -0.383. The van der Waals surface area contributed by atoms with E-state index in [0.29, 0.717) is 23.7 Å². The summed E-state index contributed by atoms with van der Waals surface area (Å²) in [6.45, 7) is 3.72. The molecule has 0 unspecified atom stereocenters. The van der Waals surface area contributed by atoms with Crippen LogP contribution in [0.15, 0.2) is 47.6 Å². The zero-order valence-corrected chi connectivity index (χ0v) is 19.9. The monoisotopic (exact) mass is 472 g/mol. The van der Waals surface area contributed by atoms with Gasteiger partial charge in [-0.1, -0.05) is 11.2 Å². The van der Waals surface area contributed by atoms with Crippen LogP contribution in [0.25, 0.3) is 22.8 Å². The maximum Gasteiger partial charge on any atom is 0.261 e. The summed E-state index contributed by atoms with van der Waals surface area (Å²) < 4.78 is 13.2. The summed E-state index contributed by atoms with van der Waals surface area (Å²) >= 11 is 0. The van der Waals surface area contributed by atoms with Crippen LogP contribution in [0.2, 0.25) is 0 Å². The highest BCUT2D eigenvalue weighted by molar-refractivity contribution is 5.55. The molecule has 2 aliphatic rings. The Labute approximate surface area is 203 Å². The molecule has 1 saturated heterocycles. The third-order valence-electron chi connectivity index (χ3n) is 7.23. The van der Waals surface area contributed by atoms with Crippen molar-refractivity contribution in [2.75, 3.05) is 25.6 Å². The van der Waals surface area contributed by atoms with Gasteiger partial charge in [-0.2, -0.15) is 10.1 Å². The number of aromatic nitrogens is 7. The number of hydrogen-bond donors (Lipinski definition) is 1. The number of rotatable bonds is 7. The van der Waals surface area contributed by atoms with Crippen LogP contribution in [0.1, 0.15) is 50.0 Å². The van der Waals surface area contributed by atoms with Gasteiger partial charge in [0, 0.05) is 32.7 Å². The summed E-state index contributed by atoms with van der Waals surface area (Å²) in [6, 6.07) is 4.42. The maximum absolute atomic E-state index is 5.73. The largest absolute Gasteiger partial charge is 0.381 e. The Morgan fingerprint density at radius 2 is 1.80 bits per heavy atom. The van der Waals surface area contributed by atoms with Gasteiger partial charge >= 0.3 is 0 Å². The Balaban J connectivity index is 1.27. The molecule has 4 aromatic rings. The molecule has 35 heavy (non-hydrogen) atoms. The first-order valence-corrected chi connectivity index (χ1v) is 12.1. The molecule has 10 nitrogen and oxygen atoms in total. The fourth-order valence-electron chi connectivity index (χ4n) is 4.80. The minimum absolute atomic E-state index is 0.348. The van der Waals surface area contributed by atoms with Crippen molar-refractivity contribution in [3.8, 4) is 22.8 Å². The van der Waals surface area contributed by atoms with E-state index in [0.717, 1.165) is 67.2 Å². The van der Waals surface area contributed by atoms with Gasteiger partial charge in [-0.15, -0.1) is 0 Å². The summed E-state index contributed by atoms with van der Waals surface area (Å²) in [5.41, 5.74) is 3.02. The van der Waals surface area contributed by atoms with Crippen LogP contribution in [-0.2, 0) is 10.2 Å². The zero-order chi connectivity index (χ0) is 23.8. The van der Waals surface area contributed by atoms with Crippen molar-refractivity contribution < 1.29 is 9.26 Å². The Kier molecular flexibility index (Phi) is 5.52. The Morgan fingerprint density at radius 1 is 0.971 bits per heavy atom. The molecule has 1 N–H and O–H groups in total. The van der Waals surface area contributed by atoms with Gasteiger partial charge in [0.05, 0.1) is 41.3 Å². The molecule has 0 amide bonds. The molecule has 5 heterocycles. The molecule has 1 aliphatic heterocycles. The highest BCUT2D eigenvalue weighted by Crippen LogP contribution is 2.50. The van der Waals surface area contributed by atoms with E-state index < -0.39 is 0 Å². The molecule has 0 aromatic carbocycles. The predicted molar refractivity (Wildman–Crippen MR) is 129 cm³/mol. The highest BCUT2D eigenvalue weighted by atomic mass is 16.5. The van der Waals surface area contributed by atoms with Crippen molar-refractivity contribution in [3.05, 3.63) is 54.5 Å². The van der Waals surface area contributed by atoms with Crippen LogP contribution in [-0.4, -0.2) is 55.1 Å². The van der Waals surface area contributed by atoms with Gasteiger partial charge in [0.2, 0.25) is 0 Å². The van der Waals surface area contributed by atoms with Crippen molar-refractivity contribution in [1.29, 1.82) is 0 Å². The van der Waals surface area contributed by atoms with Crippen molar-refractivity contribution in [2.45, 2.75) is 44.1 Å². The van der Waals surface area contributed by atoms with Gasteiger partial charge in [-0.25, -0.2) is 9.97 Å². The van der Waals surface area contributed by atoms with E-state index in [1.165, 1.54) is 0 Å². The lowest BCUT2D eigenvalue weighted by molar-refractivity contribution is 0.0662. The first-order chi connectivity index (χ1) is 17.1. The first kappa shape index (κ1) is 21.8. The van der Waals surface area contributed by atoms with Gasteiger partial charge < -0.3 is 14.6 Å². The summed E-state index contributed by atoms with van der Waals surface area (Å²) in [7, 11) is 1.82. The summed E-state index contributed by atoms with van der Waals surface area (Å²) in [5, 5.41) is 12.0. The van der Waals surface area contributed by atoms with E-state index in [1.807, 2.05) is 30.2 Å². The molecule has 2 fully saturated rings. The van der Waals surface area contributed by atoms with Crippen LogP contribution in [0.4, 0.5) is 5.82 Å². The molecular formula is C25H28N8O2. The Morgan fingerprint density at radius 3 is 2.49 bits per heavy atom. The van der Waals surface area contributed by atoms with E-state index in [-0.39, 0.29) is 5.41 Å². The van der Waals surface area contributed by atoms with Gasteiger partial charge in [0.25, 0.3) is 5.89 Å². The number of nitrogens with one attached hydrogen (secondary N) is 1. The van der Waals surface area contributed by atoms with Gasteiger partial charge in [0.15, 0.2) is 5.82 Å². The number of pyridine rings is 1. The molecule has 6 rings (SSSR count). The SMILES string of the molecule is CNc1cnc(-c2ccc([C@](C)(c3noc(-c4cnn(C5CCOCC5)c4)n3)C3CC3)cn2)cn1. The number of anilines is 1. The van der Waals surface area contributed by atoms with E-state index in [2.05, 4.69) is 38.5 Å². The van der Waals surface area contributed by atoms with Crippen LogP contribution in [0, 0.1) is 5.92 Å². The fourth-order valence-corrected chi connectivity index (χ4v) is 4.80. The van der Waals surface area contributed by atoms with E-state index in [4.69, 9.17) is 19.2 Å². The molecule has 1 aliphatic carbocycles. The quantitative estimate of drug-likeness (QED) is 0.427. The second-order valence-corrected chi connectivity index (χ2v) is 9.42. The summed E-state index contributed by atoms with van der Waals surface area (Å²) in [4.78, 5) is 18.3. The average Bonchev–Trinajstić information content (AvgIpc) is 3.45. The van der Waals surface area contributed by atoms with Gasteiger partial charge in [-0.05, 0) is 50.2 Å². The third kappa shape index (κ3) is 4.07. The molecule has 10 heteroatoms.